The van der Waals surface area contributed by atoms with E-state index in [4.69, 9.17) is 14.1 Å². The number of hydrogen-bond donors (Lipinski definition) is 1. The van der Waals surface area contributed by atoms with Crippen molar-refractivity contribution in [3.05, 3.63) is 77.1 Å². The largest absolute Gasteiger partial charge is 0.434 e. The summed E-state index contributed by atoms with van der Waals surface area (Å²) in [6.07, 6.45) is -0.208. The number of fused-ring (bicyclic) bond motifs is 9. The Bertz CT molecular complexity index is 1790. The predicted molar refractivity (Wildman–Crippen MR) is 131 cm³/mol. The number of nitriles is 1. The molecule has 3 aromatic heterocycles. The van der Waals surface area contributed by atoms with Gasteiger partial charge in [0.1, 0.15) is 5.75 Å². The van der Waals surface area contributed by atoms with E-state index in [9.17, 15) is 27.5 Å². The minimum Gasteiger partial charge on any atom is -0.434 e. The molecule has 0 saturated carbocycles. The van der Waals surface area contributed by atoms with Crippen LogP contribution in [0, 0.1) is 11.3 Å². The molecule has 6 rings (SSSR count). The maximum atomic E-state index is 13.5. The van der Waals surface area contributed by atoms with Gasteiger partial charge in [-0.25, -0.2) is 23.3 Å². The SMILES string of the molecule is [2H]C([2H])([2H])N1C(=O)c2cccc(OC(F)F)c2[C@H]2C[C@@H]1c1nn3ccc(-c4cnc([C@](O)(CC#N)C(F)F)nc4)cc3c12. The summed E-state index contributed by atoms with van der Waals surface area (Å²) >= 11 is 0. The molecule has 1 aliphatic carbocycles. The van der Waals surface area contributed by atoms with Gasteiger partial charge in [0, 0.05) is 57.9 Å². The quantitative estimate of drug-likeness (QED) is 0.350. The maximum absolute atomic E-state index is 13.5. The number of amides is 1. The first-order valence-corrected chi connectivity index (χ1v) is 12.0. The molecular formula is C27H20F4N6O3. The van der Waals surface area contributed by atoms with Gasteiger partial charge in [-0.15, -0.1) is 0 Å². The fraction of sp³-hybridized carbons (Fsp3) is 0.296. The number of halogens is 4. The molecular weight excluding hydrogens is 532 g/mol. The molecule has 1 aromatic carbocycles. The summed E-state index contributed by atoms with van der Waals surface area (Å²) < 4.78 is 84.4. The van der Waals surface area contributed by atoms with Crippen molar-refractivity contribution >= 4 is 11.4 Å². The highest BCUT2D eigenvalue weighted by atomic mass is 19.3. The van der Waals surface area contributed by atoms with Gasteiger partial charge in [0.2, 0.25) is 0 Å². The van der Waals surface area contributed by atoms with Crippen molar-refractivity contribution in [2.24, 2.45) is 0 Å². The summed E-state index contributed by atoms with van der Waals surface area (Å²) in [6.45, 7) is -6.07. The third kappa shape index (κ3) is 3.78. The van der Waals surface area contributed by atoms with E-state index < -0.39 is 55.7 Å². The number of aliphatic hydroxyl groups is 1. The Morgan fingerprint density at radius 2 is 2.00 bits per heavy atom. The van der Waals surface area contributed by atoms with Gasteiger partial charge in [-0.3, -0.25) is 4.79 Å². The number of benzene rings is 1. The van der Waals surface area contributed by atoms with Gasteiger partial charge in [-0.2, -0.15) is 19.1 Å². The molecule has 0 fully saturated rings. The molecule has 4 aromatic rings. The molecule has 0 unspecified atom stereocenters. The summed E-state index contributed by atoms with van der Waals surface area (Å²) in [4.78, 5) is 22.0. The lowest BCUT2D eigenvalue weighted by atomic mass is 9.88. The second kappa shape index (κ2) is 9.27. The number of nitrogens with zero attached hydrogens (tertiary/aromatic N) is 6. The van der Waals surface area contributed by atoms with Crippen LogP contribution < -0.4 is 4.74 Å². The lowest BCUT2D eigenvalue weighted by Crippen LogP contribution is -2.35. The molecule has 13 heteroatoms. The van der Waals surface area contributed by atoms with E-state index in [1.165, 1.54) is 41.2 Å². The van der Waals surface area contributed by atoms with E-state index in [-0.39, 0.29) is 29.0 Å². The molecule has 3 atom stereocenters. The van der Waals surface area contributed by atoms with Gasteiger partial charge >= 0.3 is 6.61 Å². The monoisotopic (exact) mass is 555 g/mol. The van der Waals surface area contributed by atoms with Gasteiger partial charge in [-0.1, -0.05) is 6.07 Å². The average molecular weight is 556 g/mol. The second-order valence-electron chi connectivity index (χ2n) is 9.47. The number of ether oxygens (including phenoxy) is 1. The van der Waals surface area contributed by atoms with E-state index in [0.29, 0.717) is 22.2 Å². The van der Waals surface area contributed by atoms with Crippen LogP contribution in [0.2, 0.25) is 0 Å². The Morgan fingerprint density at radius 1 is 1.23 bits per heavy atom. The standard InChI is InChI=1S/C27H20F4N6O3/c1-36-18-10-16(20-15(23(36)38)3-2-4-19(20)40-26(30)31)21-17-9-13(5-8-37(17)35-22(18)21)14-11-33-25(34-12-14)27(39,6-7-32)24(28)29/h2-5,8-9,11-12,16,18,24,26,39H,6,10H2,1H3/t16-,18-,27+/m1/s1/i1D3. The number of carbonyl (C=O) groups excluding carboxylic acids is 1. The molecule has 2 bridgehead atoms. The first-order valence-electron chi connectivity index (χ1n) is 13.5. The molecule has 0 spiro atoms. The van der Waals surface area contributed by atoms with Crippen LogP contribution in [-0.2, 0) is 5.60 Å². The molecule has 0 radical (unpaired) electrons. The first kappa shape index (κ1) is 22.3. The highest BCUT2D eigenvalue weighted by Crippen LogP contribution is 2.53. The zero-order valence-electron chi connectivity index (χ0n) is 23.3. The molecule has 9 nitrogen and oxygen atoms in total. The van der Waals surface area contributed by atoms with Crippen LogP contribution in [0.4, 0.5) is 17.6 Å². The predicted octanol–water partition coefficient (Wildman–Crippen LogP) is 4.42. The Kier molecular flexibility index (Phi) is 5.16. The molecule has 0 saturated heterocycles. The van der Waals surface area contributed by atoms with Crippen molar-refractivity contribution < 1.29 is 36.3 Å². The van der Waals surface area contributed by atoms with Crippen molar-refractivity contribution in [3.8, 4) is 22.9 Å². The van der Waals surface area contributed by atoms with Gasteiger partial charge in [0.25, 0.3) is 12.3 Å². The highest BCUT2D eigenvalue weighted by molar-refractivity contribution is 5.98. The number of carbonyl (C=O) groups is 1. The summed E-state index contributed by atoms with van der Waals surface area (Å²) in [5.41, 5.74) is -0.687. The van der Waals surface area contributed by atoms with Gasteiger partial charge in [0.05, 0.1) is 29.7 Å². The number of aromatic nitrogens is 4. The van der Waals surface area contributed by atoms with Crippen LogP contribution in [0.5, 0.6) is 5.75 Å². The summed E-state index contributed by atoms with van der Waals surface area (Å²) in [7, 11) is 0. The molecule has 204 valence electrons. The summed E-state index contributed by atoms with van der Waals surface area (Å²) in [5, 5.41) is 23.7. The number of hydrogen-bond acceptors (Lipinski definition) is 7. The first-order chi connectivity index (χ1) is 20.3. The lowest BCUT2D eigenvalue weighted by Gasteiger charge is -2.23. The second-order valence-corrected chi connectivity index (χ2v) is 9.47. The normalized spacial score (nSPS) is 20.8. The molecule has 40 heavy (non-hydrogen) atoms. The summed E-state index contributed by atoms with van der Waals surface area (Å²) in [6, 6.07) is 7.79. The lowest BCUT2D eigenvalue weighted by molar-refractivity contribution is -0.104. The minimum atomic E-state index is -3.31. The van der Waals surface area contributed by atoms with Crippen molar-refractivity contribution in [1.29, 1.82) is 5.26 Å². The minimum absolute atomic E-state index is 0.0576. The maximum Gasteiger partial charge on any atom is 0.387 e. The van der Waals surface area contributed by atoms with Crippen LogP contribution in [0.25, 0.3) is 16.6 Å². The zero-order valence-corrected chi connectivity index (χ0v) is 20.3. The smallest absolute Gasteiger partial charge is 0.387 e. The van der Waals surface area contributed by atoms with Crippen molar-refractivity contribution in [3.63, 3.8) is 0 Å². The van der Waals surface area contributed by atoms with Gasteiger partial charge < -0.3 is 14.7 Å². The third-order valence-electron chi connectivity index (χ3n) is 7.30. The zero-order chi connectivity index (χ0) is 30.8. The topological polar surface area (TPSA) is 117 Å². The van der Waals surface area contributed by atoms with E-state index in [2.05, 4.69) is 15.1 Å². The number of rotatable bonds is 6. The van der Waals surface area contributed by atoms with E-state index >= 15 is 0 Å². The van der Waals surface area contributed by atoms with Gasteiger partial charge in [-0.05, 0) is 36.2 Å². The van der Waals surface area contributed by atoms with Crippen LogP contribution >= 0.6 is 0 Å². The Morgan fingerprint density at radius 3 is 2.67 bits per heavy atom. The number of alkyl halides is 4. The van der Waals surface area contributed by atoms with Crippen LogP contribution in [0.3, 0.4) is 0 Å². The van der Waals surface area contributed by atoms with E-state index in [1.54, 1.807) is 18.3 Å². The average Bonchev–Trinajstić information content (AvgIpc) is 3.45. The van der Waals surface area contributed by atoms with Crippen LogP contribution in [-0.4, -0.2) is 55.5 Å². The van der Waals surface area contributed by atoms with Crippen LogP contribution in [0.1, 0.15) is 61.9 Å². The summed E-state index contributed by atoms with van der Waals surface area (Å²) in [5.74, 6) is -2.47. The fourth-order valence-electron chi connectivity index (χ4n) is 5.44. The molecule has 1 N–H and O–H groups in total. The Hall–Kier alpha value is -4.57. The molecule has 2 aliphatic rings. The van der Waals surface area contributed by atoms with E-state index in [1.807, 2.05) is 0 Å². The molecule has 4 heterocycles. The van der Waals surface area contributed by atoms with Gasteiger partial charge in [0.15, 0.2) is 11.4 Å². The third-order valence-corrected chi connectivity index (χ3v) is 7.30. The van der Waals surface area contributed by atoms with Crippen LogP contribution in [0.15, 0.2) is 48.9 Å². The molecule has 1 aliphatic heterocycles. The van der Waals surface area contributed by atoms with Crippen molar-refractivity contribution in [2.45, 2.75) is 43.4 Å². The fourth-order valence-corrected chi connectivity index (χ4v) is 5.44. The Balaban J connectivity index is 1.51. The van der Waals surface area contributed by atoms with Crippen molar-refractivity contribution in [1.82, 2.24) is 24.5 Å². The Labute approximate surface area is 228 Å². The molecule has 1 amide bonds. The van der Waals surface area contributed by atoms with Crippen molar-refractivity contribution in [2.75, 3.05) is 6.98 Å². The number of pyridine rings is 1. The highest BCUT2D eigenvalue weighted by Gasteiger charge is 2.46. The van der Waals surface area contributed by atoms with E-state index in [0.717, 1.165) is 4.90 Å².